The molecular weight excluding hydrogens is 274 g/mol. The van der Waals surface area contributed by atoms with Gasteiger partial charge in [-0.3, -0.25) is 0 Å². The lowest BCUT2D eigenvalue weighted by molar-refractivity contribution is -0.112. The van der Waals surface area contributed by atoms with Gasteiger partial charge in [0, 0.05) is 19.8 Å². The van der Waals surface area contributed by atoms with E-state index in [0.29, 0.717) is 6.42 Å². The molecule has 0 saturated carbocycles. The molecule has 2 rings (SSSR count). The van der Waals surface area contributed by atoms with Gasteiger partial charge >= 0.3 is 0 Å². The minimum atomic E-state index is -0.561. The van der Waals surface area contributed by atoms with E-state index in [1.54, 1.807) is 7.11 Å². The first-order valence-electron chi connectivity index (χ1n) is 7.35. The molecule has 1 atom stereocenters. The summed E-state index contributed by atoms with van der Waals surface area (Å²) in [4.78, 5) is 13.8. The lowest BCUT2D eigenvalue weighted by Crippen LogP contribution is -2.26. The van der Waals surface area contributed by atoms with E-state index in [1.165, 1.54) is 0 Å². The Balaban J connectivity index is 2.28. The molecule has 0 aromatic heterocycles. The summed E-state index contributed by atoms with van der Waals surface area (Å²) in [6.07, 6.45) is 1.69. The molecule has 0 heterocycles. The molecule has 0 radical (unpaired) electrons. The fourth-order valence-electron chi connectivity index (χ4n) is 2.53. The van der Waals surface area contributed by atoms with Crippen molar-refractivity contribution in [1.82, 2.24) is 0 Å². The Morgan fingerprint density at radius 2 is 1.82 bits per heavy atom. The molecule has 0 aliphatic carbocycles. The number of rotatable bonds is 6. The highest BCUT2D eigenvalue weighted by Crippen LogP contribution is 2.29. The van der Waals surface area contributed by atoms with E-state index in [1.807, 2.05) is 45.3 Å². The highest BCUT2D eigenvalue weighted by Gasteiger charge is 2.27. The minimum absolute atomic E-state index is 0.561. The molecule has 0 aliphatic heterocycles. The smallest absolute Gasteiger partial charge is 0.130 e. The van der Waals surface area contributed by atoms with Gasteiger partial charge in [0.05, 0.1) is 12.5 Å². The van der Waals surface area contributed by atoms with Crippen LogP contribution in [0.2, 0.25) is 0 Å². The third kappa shape index (κ3) is 3.48. The van der Waals surface area contributed by atoms with E-state index in [0.717, 1.165) is 28.8 Å². The Kier molecular flexibility index (Phi) is 4.86. The first kappa shape index (κ1) is 16.1. The standard InChI is InChI=1S/C19H23NO2/c1-19(14-21,16-6-5-7-18(12-16)22-4)13-15-8-10-17(11-9-15)20(2)3/h5-12,14H,13H2,1-4H3. The Hall–Kier alpha value is -2.29. The van der Waals surface area contributed by atoms with Gasteiger partial charge in [-0.25, -0.2) is 0 Å². The quantitative estimate of drug-likeness (QED) is 0.765. The van der Waals surface area contributed by atoms with E-state index in [4.69, 9.17) is 4.74 Å². The van der Waals surface area contributed by atoms with Crippen LogP contribution >= 0.6 is 0 Å². The number of hydrogen-bond acceptors (Lipinski definition) is 3. The van der Waals surface area contributed by atoms with Gasteiger partial charge in [0.25, 0.3) is 0 Å². The molecule has 0 aliphatic rings. The van der Waals surface area contributed by atoms with Gasteiger partial charge < -0.3 is 14.4 Å². The zero-order chi connectivity index (χ0) is 16.2. The van der Waals surface area contributed by atoms with Crippen molar-refractivity contribution < 1.29 is 9.53 Å². The number of methoxy groups -OCH3 is 1. The average Bonchev–Trinajstić information content (AvgIpc) is 2.55. The van der Waals surface area contributed by atoms with Crippen LogP contribution in [0.4, 0.5) is 5.69 Å². The summed E-state index contributed by atoms with van der Waals surface area (Å²) in [6.45, 7) is 1.97. The van der Waals surface area contributed by atoms with Gasteiger partial charge in [-0.1, -0.05) is 24.3 Å². The molecule has 2 aromatic rings. The number of aldehydes is 1. The molecule has 0 fully saturated rings. The third-order valence-electron chi connectivity index (χ3n) is 4.01. The van der Waals surface area contributed by atoms with Crippen molar-refractivity contribution in [2.75, 3.05) is 26.1 Å². The highest BCUT2D eigenvalue weighted by molar-refractivity contribution is 5.69. The fourth-order valence-corrected chi connectivity index (χ4v) is 2.53. The second-order valence-corrected chi connectivity index (χ2v) is 6.00. The van der Waals surface area contributed by atoms with Gasteiger partial charge in [0.2, 0.25) is 0 Å². The van der Waals surface area contributed by atoms with E-state index in [9.17, 15) is 4.79 Å². The predicted octanol–water partition coefficient (Wildman–Crippen LogP) is 3.46. The first-order chi connectivity index (χ1) is 10.5. The minimum Gasteiger partial charge on any atom is -0.497 e. The topological polar surface area (TPSA) is 29.5 Å². The summed E-state index contributed by atoms with van der Waals surface area (Å²) in [7, 11) is 5.67. The monoisotopic (exact) mass is 297 g/mol. The van der Waals surface area contributed by atoms with E-state index >= 15 is 0 Å². The molecule has 3 heteroatoms. The van der Waals surface area contributed by atoms with Crippen molar-refractivity contribution in [1.29, 1.82) is 0 Å². The number of anilines is 1. The van der Waals surface area contributed by atoms with Crippen LogP contribution in [0.5, 0.6) is 5.75 Å². The lowest BCUT2D eigenvalue weighted by Gasteiger charge is -2.24. The van der Waals surface area contributed by atoms with Crippen molar-refractivity contribution in [2.24, 2.45) is 0 Å². The van der Waals surface area contributed by atoms with Gasteiger partial charge in [-0.2, -0.15) is 0 Å². The predicted molar refractivity (Wildman–Crippen MR) is 90.9 cm³/mol. The second-order valence-electron chi connectivity index (χ2n) is 6.00. The molecule has 3 nitrogen and oxygen atoms in total. The second kappa shape index (κ2) is 6.65. The molecule has 0 bridgehead atoms. The third-order valence-corrected chi connectivity index (χ3v) is 4.01. The fraction of sp³-hybridized carbons (Fsp3) is 0.316. The Morgan fingerprint density at radius 1 is 1.14 bits per heavy atom. The number of carbonyl (C=O) groups is 1. The van der Waals surface area contributed by atoms with Crippen molar-refractivity contribution >= 4 is 12.0 Å². The maximum atomic E-state index is 11.8. The number of ether oxygens (including phenoxy) is 1. The zero-order valence-electron chi connectivity index (χ0n) is 13.7. The van der Waals surface area contributed by atoms with Crippen LogP contribution in [0.15, 0.2) is 48.5 Å². The maximum absolute atomic E-state index is 11.8. The molecule has 0 saturated heterocycles. The number of nitrogens with zero attached hydrogens (tertiary/aromatic N) is 1. The van der Waals surface area contributed by atoms with E-state index in [2.05, 4.69) is 29.2 Å². The summed E-state index contributed by atoms with van der Waals surface area (Å²) in [5, 5.41) is 0. The van der Waals surface area contributed by atoms with Crippen molar-refractivity contribution in [3.05, 3.63) is 59.7 Å². The van der Waals surface area contributed by atoms with Crippen LogP contribution in [0.3, 0.4) is 0 Å². The number of carbonyl (C=O) groups excluding carboxylic acids is 1. The maximum Gasteiger partial charge on any atom is 0.130 e. The zero-order valence-corrected chi connectivity index (χ0v) is 13.7. The van der Waals surface area contributed by atoms with E-state index < -0.39 is 5.41 Å². The average molecular weight is 297 g/mol. The lowest BCUT2D eigenvalue weighted by atomic mass is 9.78. The summed E-state index contributed by atoms with van der Waals surface area (Å²) in [6, 6.07) is 16.0. The summed E-state index contributed by atoms with van der Waals surface area (Å²) < 4.78 is 5.27. The summed E-state index contributed by atoms with van der Waals surface area (Å²) in [5.74, 6) is 0.772. The van der Waals surface area contributed by atoms with Crippen LogP contribution in [0.1, 0.15) is 18.1 Å². The largest absolute Gasteiger partial charge is 0.497 e. The normalized spacial score (nSPS) is 13.3. The van der Waals surface area contributed by atoms with Gasteiger partial charge in [-0.15, -0.1) is 0 Å². The molecule has 22 heavy (non-hydrogen) atoms. The highest BCUT2D eigenvalue weighted by atomic mass is 16.5. The van der Waals surface area contributed by atoms with Gasteiger partial charge in [0.15, 0.2) is 0 Å². The Morgan fingerprint density at radius 3 is 2.36 bits per heavy atom. The molecular formula is C19H23NO2. The first-order valence-corrected chi connectivity index (χ1v) is 7.35. The van der Waals surface area contributed by atoms with Crippen molar-refractivity contribution in [3.63, 3.8) is 0 Å². The van der Waals surface area contributed by atoms with Crippen LogP contribution < -0.4 is 9.64 Å². The SMILES string of the molecule is COc1cccc(C(C)(C=O)Cc2ccc(N(C)C)cc2)c1. The number of hydrogen-bond donors (Lipinski definition) is 0. The molecule has 0 amide bonds. The molecule has 1 unspecified atom stereocenters. The Bertz CT molecular complexity index is 634. The van der Waals surface area contributed by atoms with E-state index in [-0.39, 0.29) is 0 Å². The summed E-state index contributed by atoms with van der Waals surface area (Å²) >= 11 is 0. The molecule has 0 N–H and O–H groups in total. The van der Waals surface area contributed by atoms with Crippen molar-refractivity contribution in [3.8, 4) is 5.75 Å². The van der Waals surface area contributed by atoms with Crippen LogP contribution in [-0.4, -0.2) is 27.5 Å². The van der Waals surface area contributed by atoms with Gasteiger partial charge in [-0.05, 0) is 48.7 Å². The van der Waals surface area contributed by atoms with Crippen LogP contribution in [0.25, 0.3) is 0 Å². The summed E-state index contributed by atoms with van der Waals surface area (Å²) in [5.41, 5.74) is 2.70. The van der Waals surface area contributed by atoms with Crippen molar-refractivity contribution in [2.45, 2.75) is 18.8 Å². The van der Waals surface area contributed by atoms with Gasteiger partial charge in [0.1, 0.15) is 12.0 Å². The molecule has 0 spiro atoms. The Labute approximate surface area is 132 Å². The molecule has 116 valence electrons. The molecule has 2 aromatic carbocycles. The number of benzene rings is 2. The van der Waals surface area contributed by atoms with Crippen LogP contribution in [-0.2, 0) is 16.6 Å². The van der Waals surface area contributed by atoms with Crippen LogP contribution in [0, 0.1) is 0 Å².